The van der Waals surface area contributed by atoms with Crippen LogP contribution in [0, 0.1) is 5.92 Å². The van der Waals surface area contributed by atoms with E-state index in [2.05, 4.69) is 48.4 Å². The van der Waals surface area contributed by atoms with Gasteiger partial charge in [-0.1, -0.05) is 37.7 Å². The molecular formula is C13H18N2S. The number of nitrogens with zero attached hydrogens (tertiary/aromatic N) is 1. The monoisotopic (exact) mass is 234 g/mol. The number of thioether (sulfide) groups is 1. The first-order valence-electron chi connectivity index (χ1n) is 5.81. The van der Waals surface area contributed by atoms with Crippen molar-refractivity contribution in [3.8, 4) is 0 Å². The Balaban J connectivity index is 1.98. The molecular weight excluding hydrogens is 216 g/mol. The molecule has 0 spiro atoms. The first-order valence-corrected chi connectivity index (χ1v) is 6.79. The van der Waals surface area contributed by atoms with E-state index < -0.39 is 0 Å². The fourth-order valence-electron chi connectivity index (χ4n) is 1.58. The number of hydrogen-bond donors (Lipinski definition) is 1. The van der Waals surface area contributed by atoms with E-state index in [4.69, 9.17) is 0 Å². The summed E-state index contributed by atoms with van der Waals surface area (Å²) in [4.78, 5) is 4.52. The molecule has 16 heavy (non-hydrogen) atoms. The van der Waals surface area contributed by atoms with E-state index in [-0.39, 0.29) is 0 Å². The van der Waals surface area contributed by atoms with Crippen LogP contribution in [-0.4, -0.2) is 17.5 Å². The Morgan fingerprint density at radius 1 is 1.38 bits per heavy atom. The third-order valence-electron chi connectivity index (χ3n) is 2.66. The van der Waals surface area contributed by atoms with Crippen LogP contribution in [-0.2, 0) is 6.42 Å². The molecule has 0 aromatic heterocycles. The minimum Gasteiger partial charge on any atom is -0.335 e. The summed E-state index contributed by atoms with van der Waals surface area (Å²) in [5.74, 6) is 1.87. The zero-order valence-electron chi connectivity index (χ0n) is 9.86. The lowest BCUT2D eigenvalue weighted by Crippen LogP contribution is -2.18. The van der Waals surface area contributed by atoms with Crippen molar-refractivity contribution in [1.29, 1.82) is 0 Å². The molecule has 3 heteroatoms. The third-order valence-corrected chi connectivity index (χ3v) is 3.90. The summed E-state index contributed by atoms with van der Waals surface area (Å²) >= 11 is 1.81. The zero-order valence-corrected chi connectivity index (χ0v) is 10.7. The maximum atomic E-state index is 4.52. The average Bonchev–Trinajstić information content (AvgIpc) is 2.33. The topological polar surface area (TPSA) is 24.4 Å². The molecule has 2 nitrogen and oxygen atoms in total. The largest absolute Gasteiger partial charge is 0.335 e. The van der Waals surface area contributed by atoms with Gasteiger partial charge in [-0.05, 0) is 30.0 Å². The Labute approximate surface area is 102 Å². The normalized spacial score (nSPS) is 20.4. The van der Waals surface area contributed by atoms with Crippen LogP contribution in [0.25, 0.3) is 0 Å². The predicted octanol–water partition coefficient (Wildman–Crippen LogP) is 3.40. The van der Waals surface area contributed by atoms with Crippen LogP contribution < -0.4 is 5.32 Å². The zero-order chi connectivity index (χ0) is 11.4. The second-order valence-electron chi connectivity index (χ2n) is 4.24. The van der Waals surface area contributed by atoms with E-state index in [9.17, 15) is 0 Å². The van der Waals surface area contributed by atoms with Gasteiger partial charge in [0.05, 0.1) is 0 Å². The average molecular weight is 234 g/mol. The molecule has 0 fully saturated rings. The third kappa shape index (κ3) is 3.01. The van der Waals surface area contributed by atoms with Crippen LogP contribution in [0.3, 0.4) is 0 Å². The first kappa shape index (κ1) is 11.5. The van der Waals surface area contributed by atoms with Gasteiger partial charge in [-0.25, -0.2) is 0 Å². The number of anilines is 1. The second kappa shape index (κ2) is 5.39. The SMILES string of the molecule is CCc1ccc(NC2=NCC(C)CS2)cc1. The van der Waals surface area contributed by atoms with Crippen LogP contribution in [0.15, 0.2) is 29.3 Å². The molecule has 0 saturated carbocycles. The van der Waals surface area contributed by atoms with Gasteiger partial charge in [-0.3, -0.25) is 4.99 Å². The van der Waals surface area contributed by atoms with Crippen molar-refractivity contribution >= 4 is 22.6 Å². The second-order valence-corrected chi connectivity index (χ2v) is 5.25. The summed E-state index contributed by atoms with van der Waals surface area (Å²) in [5, 5.41) is 4.42. The van der Waals surface area contributed by atoms with Crippen LogP contribution in [0.4, 0.5) is 5.69 Å². The molecule has 0 bridgehead atoms. The molecule has 1 aliphatic rings. The molecule has 1 unspecified atom stereocenters. The molecule has 1 atom stereocenters. The Hall–Kier alpha value is -0.960. The molecule has 0 saturated heterocycles. The standard InChI is InChI=1S/C13H18N2S/c1-3-11-4-6-12(7-5-11)15-13-14-8-10(2)9-16-13/h4-7,10H,3,8-9H2,1-2H3,(H,14,15). The van der Waals surface area contributed by atoms with E-state index in [1.165, 1.54) is 11.3 Å². The summed E-state index contributed by atoms with van der Waals surface area (Å²) in [6.45, 7) is 5.36. The smallest absolute Gasteiger partial charge is 0.161 e. The summed E-state index contributed by atoms with van der Waals surface area (Å²) in [6, 6.07) is 8.58. The van der Waals surface area contributed by atoms with Crippen LogP contribution >= 0.6 is 11.8 Å². The number of nitrogens with one attached hydrogen (secondary N) is 1. The lowest BCUT2D eigenvalue weighted by Gasteiger charge is -2.17. The number of benzene rings is 1. The number of aryl methyl sites for hydroxylation is 1. The summed E-state index contributed by atoms with van der Waals surface area (Å²) in [6.07, 6.45) is 1.09. The van der Waals surface area contributed by atoms with Crippen molar-refractivity contribution in [2.45, 2.75) is 20.3 Å². The van der Waals surface area contributed by atoms with Crippen molar-refractivity contribution in [3.05, 3.63) is 29.8 Å². The Bertz CT molecular complexity index is 370. The van der Waals surface area contributed by atoms with Gasteiger partial charge in [0.25, 0.3) is 0 Å². The van der Waals surface area contributed by atoms with Gasteiger partial charge in [0.1, 0.15) is 0 Å². The van der Waals surface area contributed by atoms with Crippen LogP contribution in [0.2, 0.25) is 0 Å². The van der Waals surface area contributed by atoms with Crippen molar-refractivity contribution in [2.24, 2.45) is 10.9 Å². The highest BCUT2D eigenvalue weighted by molar-refractivity contribution is 8.14. The van der Waals surface area contributed by atoms with Crippen molar-refractivity contribution in [1.82, 2.24) is 0 Å². The van der Waals surface area contributed by atoms with E-state index >= 15 is 0 Å². The van der Waals surface area contributed by atoms with Gasteiger partial charge < -0.3 is 5.32 Å². The molecule has 1 aliphatic heterocycles. The molecule has 0 aliphatic carbocycles. The van der Waals surface area contributed by atoms with Crippen LogP contribution in [0.5, 0.6) is 0 Å². The Morgan fingerprint density at radius 2 is 2.12 bits per heavy atom. The number of amidine groups is 1. The van der Waals surface area contributed by atoms with Gasteiger partial charge in [-0.15, -0.1) is 0 Å². The Morgan fingerprint density at radius 3 is 2.69 bits per heavy atom. The lowest BCUT2D eigenvalue weighted by atomic mass is 10.1. The van der Waals surface area contributed by atoms with E-state index in [1.54, 1.807) is 0 Å². The fourth-order valence-corrected chi connectivity index (χ4v) is 2.48. The molecule has 1 heterocycles. The summed E-state index contributed by atoms with van der Waals surface area (Å²) in [5.41, 5.74) is 2.51. The fraction of sp³-hybridized carbons (Fsp3) is 0.462. The molecule has 1 aromatic carbocycles. The molecule has 1 aromatic rings. The van der Waals surface area contributed by atoms with E-state index in [1.807, 2.05) is 11.8 Å². The highest BCUT2D eigenvalue weighted by Crippen LogP contribution is 2.19. The minimum atomic E-state index is 0.706. The molecule has 0 amide bonds. The van der Waals surface area contributed by atoms with Crippen molar-refractivity contribution in [2.75, 3.05) is 17.6 Å². The molecule has 0 radical (unpaired) electrons. The Kier molecular flexibility index (Phi) is 3.88. The van der Waals surface area contributed by atoms with E-state index in [0.29, 0.717) is 5.92 Å². The molecule has 86 valence electrons. The predicted molar refractivity (Wildman–Crippen MR) is 73.4 cm³/mol. The lowest BCUT2D eigenvalue weighted by molar-refractivity contribution is 0.674. The maximum absolute atomic E-state index is 4.52. The van der Waals surface area contributed by atoms with Gasteiger partial charge >= 0.3 is 0 Å². The van der Waals surface area contributed by atoms with Gasteiger partial charge in [0, 0.05) is 18.0 Å². The van der Waals surface area contributed by atoms with Crippen molar-refractivity contribution < 1.29 is 0 Å². The minimum absolute atomic E-state index is 0.706. The molecule has 2 rings (SSSR count). The maximum Gasteiger partial charge on any atom is 0.161 e. The summed E-state index contributed by atoms with van der Waals surface area (Å²) in [7, 11) is 0. The highest BCUT2D eigenvalue weighted by atomic mass is 32.2. The van der Waals surface area contributed by atoms with Gasteiger partial charge in [-0.2, -0.15) is 0 Å². The number of rotatable bonds is 2. The van der Waals surface area contributed by atoms with Crippen LogP contribution in [0.1, 0.15) is 19.4 Å². The van der Waals surface area contributed by atoms with E-state index in [0.717, 1.165) is 23.8 Å². The highest BCUT2D eigenvalue weighted by Gasteiger charge is 2.11. The first-order chi connectivity index (χ1) is 7.78. The number of hydrogen-bond acceptors (Lipinski definition) is 3. The van der Waals surface area contributed by atoms with Gasteiger partial charge in [0.2, 0.25) is 0 Å². The number of aliphatic imine (C=N–C) groups is 1. The van der Waals surface area contributed by atoms with Gasteiger partial charge in [0.15, 0.2) is 5.17 Å². The van der Waals surface area contributed by atoms with Crippen molar-refractivity contribution in [3.63, 3.8) is 0 Å². The quantitative estimate of drug-likeness (QED) is 0.848. The molecule has 1 N–H and O–H groups in total. The summed E-state index contributed by atoms with van der Waals surface area (Å²) < 4.78 is 0.